The molecule has 0 radical (unpaired) electrons. The summed E-state index contributed by atoms with van der Waals surface area (Å²) in [7, 11) is 1.44. The zero-order chi connectivity index (χ0) is 10.4. The highest BCUT2D eigenvalue weighted by Crippen LogP contribution is 2.17. The number of methoxy groups -OCH3 is 1. The fourth-order valence-corrected chi connectivity index (χ4v) is 1.85. The number of nitrogens with zero attached hydrogens (tertiary/aromatic N) is 1. The van der Waals surface area contributed by atoms with Crippen molar-refractivity contribution in [1.29, 1.82) is 0 Å². The van der Waals surface area contributed by atoms with E-state index in [1.165, 1.54) is 12.6 Å². The van der Waals surface area contributed by atoms with Gasteiger partial charge in [0, 0.05) is 18.6 Å². The zero-order valence-electron chi connectivity index (χ0n) is 8.41. The normalized spacial score (nSPS) is 24.0. The third kappa shape index (κ3) is 3.31. The van der Waals surface area contributed by atoms with Crippen molar-refractivity contribution >= 4 is 17.6 Å². The number of ether oxygens (including phenoxy) is 1. The van der Waals surface area contributed by atoms with Crippen molar-refractivity contribution in [1.82, 2.24) is 4.90 Å². The summed E-state index contributed by atoms with van der Waals surface area (Å²) in [5, 5.41) is 0. The van der Waals surface area contributed by atoms with Crippen molar-refractivity contribution in [3.8, 4) is 0 Å². The Labute approximate surface area is 89.7 Å². The van der Waals surface area contributed by atoms with E-state index in [1.807, 2.05) is 6.08 Å². The van der Waals surface area contributed by atoms with E-state index in [1.54, 1.807) is 0 Å². The molecule has 0 bridgehead atoms. The van der Waals surface area contributed by atoms with Crippen LogP contribution in [0.25, 0.3) is 0 Å². The minimum absolute atomic E-state index is 0.0393. The fraction of sp³-hybridized carbons (Fsp3) is 0.700. The van der Waals surface area contributed by atoms with Crippen molar-refractivity contribution < 1.29 is 9.53 Å². The quantitative estimate of drug-likeness (QED) is 0.673. The van der Waals surface area contributed by atoms with Crippen LogP contribution in [0.2, 0.25) is 0 Å². The van der Waals surface area contributed by atoms with E-state index in [-0.39, 0.29) is 11.9 Å². The largest absolute Gasteiger partial charge is 0.469 e. The summed E-state index contributed by atoms with van der Waals surface area (Å²) in [5.41, 5.74) is 1.52. The van der Waals surface area contributed by atoms with Gasteiger partial charge in [0.2, 0.25) is 0 Å². The van der Waals surface area contributed by atoms with Gasteiger partial charge in [-0.15, -0.1) is 0 Å². The second kappa shape index (κ2) is 6.04. The maximum Gasteiger partial charge on any atom is 0.309 e. The summed E-state index contributed by atoms with van der Waals surface area (Å²) < 4.78 is 4.73. The molecule has 0 amide bonds. The Balaban J connectivity index is 2.39. The molecular weight excluding hydrogens is 202 g/mol. The molecule has 1 aliphatic rings. The molecule has 1 rings (SSSR count). The van der Waals surface area contributed by atoms with Crippen LogP contribution in [-0.2, 0) is 9.53 Å². The Morgan fingerprint density at radius 3 is 3.14 bits per heavy atom. The molecule has 14 heavy (non-hydrogen) atoms. The first-order chi connectivity index (χ1) is 6.77. The maximum atomic E-state index is 11.3. The van der Waals surface area contributed by atoms with Crippen LogP contribution in [0.1, 0.15) is 12.8 Å². The molecule has 0 spiro atoms. The van der Waals surface area contributed by atoms with Crippen molar-refractivity contribution in [2.24, 2.45) is 5.92 Å². The second-order valence-electron chi connectivity index (χ2n) is 3.48. The zero-order valence-corrected chi connectivity index (χ0v) is 9.17. The lowest BCUT2D eigenvalue weighted by atomic mass is 9.98. The average molecular weight is 218 g/mol. The standard InChI is InChI=1S/C10H16ClNO2/c1-14-10(13)9-4-2-6-12(8-9)7-3-5-11/h3,5,9H,2,4,6-8H2,1H3/b5-3+/t9-/m0/s1. The molecule has 1 saturated heterocycles. The molecule has 0 aromatic heterocycles. The van der Waals surface area contributed by atoms with Crippen LogP contribution >= 0.6 is 11.6 Å². The molecule has 1 aliphatic heterocycles. The predicted molar refractivity (Wildman–Crippen MR) is 56.2 cm³/mol. The van der Waals surface area contributed by atoms with E-state index < -0.39 is 0 Å². The Bertz CT molecular complexity index is 218. The molecule has 1 heterocycles. The molecule has 0 aromatic carbocycles. The number of esters is 1. The monoisotopic (exact) mass is 217 g/mol. The summed E-state index contributed by atoms with van der Waals surface area (Å²) in [6, 6.07) is 0. The first-order valence-corrected chi connectivity index (χ1v) is 5.27. The number of rotatable bonds is 3. The Hall–Kier alpha value is -0.540. The maximum absolute atomic E-state index is 11.3. The van der Waals surface area contributed by atoms with E-state index in [9.17, 15) is 4.79 Å². The minimum Gasteiger partial charge on any atom is -0.469 e. The fourth-order valence-electron chi connectivity index (χ4n) is 1.77. The van der Waals surface area contributed by atoms with Crippen LogP contribution in [0.3, 0.4) is 0 Å². The van der Waals surface area contributed by atoms with Gasteiger partial charge < -0.3 is 4.74 Å². The second-order valence-corrected chi connectivity index (χ2v) is 3.74. The molecule has 4 heteroatoms. The summed E-state index contributed by atoms with van der Waals surface area (Å²) >= 11 is 5.45. The summed E-state index contributed by atoms with van der Waals surface area (Å²) in [5.74, 6) is -0.0537. The average Bonchev–Trinajstić information content (AvgIpc) is 2.25. The van der Waals surface area contributed by atoms with Crippen molar-refractivity contribution in [2.45, 2.75) is 12.8 Å². The van der Waals surface area contributed by atoms with E-state index >= 15 is 0 Å². The van der Waals surface area contributed by atoms with Crippen molar-refractivity contribution in [2.75, 3.05) is 26.7 Å². The molecule has 0 unspecified atom stereocenters. The van der Waals surface area contributed by atoms with Gasteiger partial charge >= 0.3 is 5.97 Å². The van der Waals surface area contributed by atoms with Crippen LogP contribution in [0.5, 0.6) is 0 Å². The molecule has 0 N–H and O–H groups in total. The van der Waals surface area contributed by atoms with Gasteiger partial charge in [-0.05, 0) is 19.4 Å². The van der Waals surface area contributed by atoms with Crippen LogP contribution in [0.15, 0.2) is 11.6 Å². The number of carbonyl (C=O) groups is 1. The first-order valence-electron chi connectivity index (χ1n) is 4.83. The SMILES string of the molecule is COC(=O)[C@H]1CCCN(C/C=C/Cl)C1. The molecule has 0 saturated carbocycles. The van der Waals surface area contributed by atoms with Gasteiger partial charge in [0.1, 0.15) is 0 Å². The van der Waals surface area contributed by atoms with Gasteiger partial charge in [-0.3, -0.25) is 9.69 Å². The molecule has 1 atom stereocenters. The topological polar surface area (TPSA) is 29.5 Å². The third-order valence-corrected chi connectivity index (χ3v) is 2.67. The van der Waals surface area contributed by atoms with E-state index in [2.05, 4.69) is 4.90 Å². The van der Waals surface area contributed by atoms with Crippen LogP contribution in [0, 0.1) is 5.92 Å². The van der Waals surface area contributed by atoms with Crippen LogP contribution < -0.4 is 0 Å². The minimum atomic E-state index is -0.0930. The summed E-state index contributed by atoms with van der Waals surface area (Å²) in [4.78, 5) is 13.5. The Morgan fingerprint density at radius 2 is 2.50 bits per heavy atom. The van der Waals surface area contributed by atoms with Gasteiger partial charge in [0.05, 0.1) is 13.0 Å². The van der Waals surface area contributed by atoms with Gasteiger partial charge in [0.15, 0.2) is 0 Å². The molecule has 0 aromatic rings. The molecule has 1 fully saturated rings. The van der Waals surface area contributed by atoms with Crippen LogP contribution in [-0.4, -0.2) is 37.6 Å². The highest BCUT2D eigenvalue weighted by Gasteiger charge is 2.25. The Kier molecular flexibility index (Phi) is 4.98. The number of piperidine rings is 1. The van der Waals surface area contributed by atoms with Gasteiger partial charge in [-0.2, -0.15) is 0 Å². The van der Waals surface area contributed by atoms with E-state index in [0.29, 0.717) is 0 Å². The van der Waals surface area contributed by atoms with Gasteiger partial charge in [-0.1, -0.05) is 17.7 Å². The number of likely N-dealkylation sites (tertiary alicyclic amines) is 1. The molecular formula is C10H16ClNO2. The molecule has 80 valence electrons. The lowest BCUT2D eigenvalue weighted by Gasteiger charge is -2.30. The van der Waals surface area contributed by atoms with E-state index in [4.69, 9.17) is 16.3 Å². The number of halogens is 1. The van der Waals surface area contributed by atoms with Crippen molar-refractivity contribution in [3.05, 3.63) is 11.6 Å². The molecule has 3 nitrogen and oxygen atoms in total. The third-order valence-electron chi connectivity index (χ3n) is 2.49. The van der Waals surface area contributed by atoms with E-state index in [0.717, 1.165) is 32.5 Å². The van der Waals surface area contributed by atoms with Gasteiger partial charge in [0.25, 0.3) is 0 Å². The summed E-state index contributed by atoms with van der Waals surface area (Å²) in [6.45, 7) is 2.64. The molecule has 0 aliphatic carbocycles. The number of hydrogen-bond donors (Lipinski definition) is 0. The predicted octanol–water partition coefficient (Wildman–Crippen LogP) is 1.62. The highest BCUT2D eigenvalue weighted by molar-refractivity contribution is 6.25. The van der Waals surface area contributed by atoms with Crippen molar-refractivity contribution in [3.63, 3.8) is 0 Å². The Morgan fingerprint density at radius 1 is 1.71 bits per heavy atom. The number of hydrogen-bond acceptors (Lipinski definition) is 3. The lowest BCUT2D eigenvalue weighted by Crippen LogP contribution is -2.39. The summed E-state index contributed by atoms with van der Waals surface area (Å²) in [6.07, 6.45) is 3.88. The lowest BCUT2D eigenvalue weighted by molar-refractivity contribution is -0.147. The van der Waals surface area contributed by atoms with Gasteiger partial charge in [-0.25, -0.2) is 0 Å². The smallest absolute Gasteiger partial charge is 0.309 e. The highest BCUT2D eigenvalue weighted by atomic mass is 35.5. The number of carbonyl (C=O) groups excluding carboxylic acids is 1. The van der Waals surface area contributed by atoms with Crippen LogP contribution in [0.4, 0.5) is 0 Å². The first kappa shape index (κ1) is 11.5.